The van der Waals surface area contributed by atoms with E-state index < -0.39 is 11.7 Å². The van der Waals surface area contributed by atoms with Gasteiger partial charge in [0, 0.05) is 19.0 Å². The van der Waals surface area contributed by atoms with E-state index in [9.17, 15) is 13.2 Å². The van der Waals surface area contributed by atoms with Crippen LogP contribution in [0.3, 0.4) is 0 Å². The SMILES string of the molecule is Cc1nc(C2CCCN(c3nc4cc(C(F)(F)F)ccc4s3)C2)n[nH]1. The van der Waals surface area contributed by atoms with Gasteiger partial charge in [0.25, 0.3) is 0 Å². The van der Waals surface area contributed by atoms with Gasteiger partial charge in [-0.15, -0.1) is 0 Å². The van der Waals surface area contributed by atoms with Gasteiger partial charge in [0.05, 0.1) is 15.8 Å². The molecule has 4 rings (SSSR count). The fourth-order valence-electron chi connectivity index (χ4n) is 3.13. The maximum absolute atomic E-state index is 12.9. The van der Waals surface area contributed by atoms with E-state index in [2.05, 4.69) is 25.1 Å². The number of halogens is 3. The lowest BCUT2D eigenvalue weighted by Crippen LogP contribution is -2.34. The molecule has 0 amide bonds. The predicted molar refractivity (Wildman–Crippen MR) is 89.9 cm³/mol. The van der Waals surface area contributed by atoms with E-state index in [4.69, 9.17) is 0 Å². The largest absolute Gasteiger partial charge is 0.416 e. The van der Waals surface area contributed by atoms with E-state index in [0.717, 1.165) is 59.5 Å². The average Bonchev–Trinajstić information content (AvgIpc) is 3.19. The van der Waals surface area contributed by atoms with Gasteiger partial charge in [-0.25, -0.2) is 9.97 Å². The summed E-state index contributed by atoms with van der Waals surface area (Å²) >= 11 is 1.42. The van der Waals surface area contributed by atoms with Crippen LogP contribution in [0, 0.1) is 6.92 Å². The summed E-state index contributed by atoms with van der Waals surface area (Å²) in [6.07, 6.45) is -2.38. The first kappa shape index (κ1) is 16.3. The predicted octanol–water partition coefficient (Wildman–Crippen LogP) is 4.13. The molecule has 9 heteroatoms. The maximum Gasteiger partial charge on any atom is 0.416 e. The number of benzene rings is 1. The molecule has 0 radical (unpaired) electrons. The molecule has 1 saturated heterocycles. The zero-order valence-corrected chi connectivity index (χ0v) is 14.3. The molecular formula is C16H16F3N5S. The molecule has 5 nitrogen and oxygen atoms in total. The van der Waals surface area contributed by atoms with Crippen molar-refractivity contribution in [2.75, 3.05) is 18.0 Å². The third kappa shape index (κ3) is 3.20. The van der Waals surface area contributed by atoms with Gasteiger partial charge in [-0.1, -0.05) is 11.3 Å². The van der Waals surface area contributed by atoms with Gasteiger partial charge >= 0.3 is 6.18 Å². The first-order valence-electron chi connectivity index (χ1n) is 8.02. The molecular weight excluding hydrogens is 351 g/mol. The summed E-state index contributed by atoms with van der Waals surface area (Å²) in [6.45, 7) is 3.43. The highest BCUT2D eigenvalue weighted by molar-refractivity contribution is 7.22. The van der Waals surface area contributed by atoms with Gasteiger partial charge in [-0.2, -0.15) is 18.3 Å². The van der Waals surface area contributed by atoms with Crippen molar-refractivity contribution in [3.05, 3.63) is 35.4 Å². The second-order valence-corrected chi connectivity index (χ2v) is 7.25. The van der Waals surface area contributed by atoms with Crippen molar-refractivity contribution in [2.24, 2.45) is 0 Å². The number of nitrogens with zero attached hydrogens (tertiary/aromatic N) is 4. The third-order valence-corrected chi connectivity index (χ3v) is 5.47. The summed E-state index contributed by atoms with van der Waals surface area (Å²) in [6, 6.07) is 3.73. The number of hydrogen-bond acceptors (Lipinski definition) is 5. The number of alkyl halides is 3. The molecule has 0 bridgehead atoms. The lowest BCUT2D eigenvalue weighted by atomic mass is 9.98. The van der Waals surface area contributed by atoms with Gasteiger partial charge in [0.2, 0.25) is 0 Å². The minimum Gasteiger partial charge on any atom is -0.347 e. The number of nitrogens with one attached hydrogen (secondary N) is 1. The molecule has 1 atom stereocenters. The van der Waals surface area contributed by atoms with Gasteiger partial charge in [0.1, 0.15) is 5.82 Å². The Morgan fingerprint density at radius 3 is 2.84 bits per heavy atom. The molecule has 1 fully saturated rings. The molecule has 3 aromatic rings. The smallest absolute Gasteiger partial charge is 0.347 e. The van der Waals surface area contributed by atoms with E-state index in [1.54, 1.807) is 0 Å². The standard InChI is InChI=1S/C16H16F3N5S/c1-9-20-14(23-22-9)10-3-2-6-24(8-10)15-21-12-7-11(16(17,18)19)4-5-13(12)25-15/h4-5,7,10H,2-3,6,8H2,1H3,(H,20,22,23). The van der Waals surface area contributed by atoms with E-state index in [1.807, 2.05) is 6.92 Å². The lowest BCUT2D eigenvalue weighted by molar-refractivity contribution is -0.137. The van der Waals surface area contributed by atoms with Crippen LogP contribution in [0.1, 0.15) is 36.0 Å². The molecule has 1 unspecified atom stereocenters. The number of aromatic nitrogens is 4. The second kappa shape index (κ2) is 5.98. The van der Waals surface area contributed by atoms with Crippen LogP contribution in [0.15, 0.2) is 18.2 Å². The number of anilines is 1. The van der Waals surface area contributed by atoms with Crippen molar-refractivity contribution in [1.82, 2.24) is 20.2 Å². The molecule has 1 aliphatic rings. The number of thiazole rings is 1. The van der Waals surface area contributed by atoms with E-state index in [-0.39, 0.29) is 5.92 Å². The van der Waals surface area contributed by atoms with Crippen molar-refractivity contribution in [3.63, 3.8) is 0 Å². The molecule has 1 aromatic carbocycles. The zero-order chi connectivity index (χ0) is 17.6. The number of rotatable bonds is 2. The highest BCUT2D eigenvalue weighted by atomic mass is 32.1. The zero-order valence-electron chi connectivity index (χ0n) is 13.5. The number of aryl methyl sites for hydroxylation is 1. The Morgan fingerprint density at radius 2 is 2.12 bits per heavy atom. The normalized spacial score (nSPS) is 18.9. The first-order chi connectivity index (χ1) is 11.9. The van der Waals surface area contributed by atoms with E-state index >= 15 is 0 Å². The maximum atomic E-state index is 12.9. The Kier molecular flexibility index (Phi) is 3.90. The van der Waals surface area contributed by atoms with Crippen LogP contribution in [-0.4, -0.2) is 33.3 Å². The van der Waals surface area contributed by atoms with Crippen molar-refractivity contribution >= 4 is 26.7 Å². The topological polar surface area (TPSA) is 57.7 Å². The number of H-pyrrole nitrogens is 1. The Labute approximate surface area is 145 Å². The van der Waals surface area contributed by atoms with Crippen LogP contribution in [0.4, 0.5) is 18.3 Å². The van der Waals surface area contributed by atoms with Gasteiger partial charge in [-0.3, -0.25) is 5.10 Å². The third-order valence-electron chi connectivity index (χ3n) is 4.38. The number of piperidine rings is 1. The second-order valence-electron chi connectivity index (χ2n) is 6.24. The highest BCUT2D eigenvalue weighted by Gasteiger charge is 2.31. The summed E-state index contributed by atoms with van der Waals surface area (Å²) in [5, 5.41) is 7.86. The van der Waals surface area contributed by atoms with Gasteiger partial charge < -0.3 is 4.90 Å². The van der Waals surface area contributed by atoms with Crippen LogP contribution in [0.25, 0.3) is 10.2 Å². The lowest BCUT2D eigenvalue weighted by Gasteiger charge is -2.31. The summed E-state index contributed by atoms with van der Waals surface area (Å²) < 4.78 is 39.4. The van der Waals surface area contributed by atoms with Gasteiger partial charge in [0.15, 0.2) is 11.0 Å². The quantitative estimate of drug-likeness (QED) is 0.740. The van der Waals surface area contributed by atoms with Crippen molar-refractivity contribution in [2.45, 2.75) is 31.9 Å². The van der Waals surface area contributed by atoms with Crippen molar-refractivity contribution in [1.29, 1.82) is 0 Å². The van der Waals surface area contributed by atoms with Crippen LogP contribution >= 0.6 is 11.3 Å². The molecule has 132 valence electrons. The summed E-state index contributed by atoms with van der Waals surface area (Å²) in [5.74, 6) is 1.78. The Balaban J connectivity index is 1.60. The summed E-state index contributed by atoms with van der Waals surface area (Å²) in [5.41, 5.74) is -0.268. The fourth-order valence-corrected chi connectivity index (χ4v) is 4.11. The number of aromatic amines is 1. The number of fused-ring (bicyclic) bond motifs is 1. The molecule has 3 heterocycles. The monoisotopic (exact) mass is 367 g/mol. The summed E-state index contributed by atoms with van der Waals surface area (Å²) in [4.78, 5) is 11.0. The molecule has 0 spiro atoms. The van der Waals surface area contributed by atoms with Crippen molar-refractivity contribution < 1.29 is 13.2 Å². The molecule has 1 aliphatic heterocycles. The van der Waals surface area contributed by atoms with Crippen LogP contribution < -0.4 is 4.90 Å². The van der Waals surface area contributed by atoms with Crippen LogP contribution in [-0.2, 0) is 6.18 Å². The fraction of sp³-hybridized carbons (Fsp3) is 0.438. The Bertz CT molecular complexity index is 901. The Morgan fingerprint density at radius 1 is 1.28 bits per heavy atom. The van der Waals surface area contributed by atoms with Crippen LogP contribution in [0.2, 0.25) is 0 Å². The molecule has 25 heavy (non-hydrogen) atoms. The summed E-state index contributed by atoms with van der Waals surface area (Å²) in [7, 11) is 0. The number of hydrogen-bond donors (Lipinski definition) is 1. The Hall–Kier alpha value is -2.16. The van der Waals surface area contributed by atoms with E-state index in [1.165, 1.54) is 17.4 Å². The average molecular weight is 367 g/mol. The van der Waals surface area contributed by atoms with E-state index in [0.29, 0.717) is 5.52 Å². The van der Waals surface area contributed by atoms with Crippen molar-refractivity contribution in [3.8, 4) is 0 Å². The molecule has 0 aliphatic carbocycles. The minimum atomic E-state index is -4.35. The minimum absolute atomic E-state index is 0.205. The molecule has 1 N–H and O–H groups in total. The molecule has 0 saturated carbocycles. The molecule has 2 aromatic heterocycles. The highest BCUT2D eigenvalue weighted by Crippen LogP contribution is 2.36. The first-order valence-corrected chi connectivity index (χ1v) is 8.83. The van der Waals surface area contributed by atoms with Gasteiger partial charge in [-0.05, 0) is 38.0 Å². The van der Waals surface area contributed by atoms with Crippen LogP contribution in [0.5, 0.6) is 0 Å².